The van der Waals surface area contributed by atoms with E-state index in [0.717, 1.165) is 42.0 Å². The summed E-state index contributed by atoms with van der Waals surface area (Å²) >= 11 is 1.60. The summed E-state index contributed by atoms with van der Waals surface area (Å²) in [5, 5.41) is 24.8. The van der Waals surface area contributed by atoms with Crippen molar-refractivity contribution < 1.29 is 29.3 Å². The third-order valence-electron chi connectivity index (χ3n) is 8.16. The van der Waals surface area contributed by atoms with Gasteiger partial charge in [0, 0.05) is 17.7 Å². The van der Waals surface area contributed by atoms with Crippen LogP contribution in [0.1, 0.15) is 91.3 Å². The molecule has 7 nitrogen and oxygen atoms in total. The number of ketones is 1. The highest BCUT2D eigenvalue weighted by atomic mass is 32.1. The van der Waals surface area contributed by atoms with E-state index in [-0.39, 0.29) is 29.8 Å². The zero-order valence-electron chi connectivity index (χ0n) is 22.7. The van der Waals surface area contributed by atoms with Gasteiger partial charge in [0.05, 0.1) is 46.5 Å². The number of ether oxygens (including phenoxy) is 2. The van der Waals surface area contributed by atoms with Gasteiger partial charge in [0.1, 0.15) is 11.9 Å². The lowest BCUT2D eigenvalue weighted by molar-refractivity contribution is -0.154. The number of esters is 1. The highest BCUT2D eigenvalue weighted by Gasteiger charge is 2.53. The molecule has 202 valence electrons. The Morgan fingerprint density at radius 2 is 1.94 bits per heavy atom. The number of Topliss-reactive ketones (excluding diaryl/α,β-unsaturated/α-hetero) is 1. The van der Waals surface area contributed by atoms with Crippen LogP contribution in [0.3, 0.4) is 0 Å². The van der Waals surface area contributed by atoms with Crippen molar-refractivity contribution in [3.63, 3.8) is 0 Å². The molecule has 2 aliphatic rings. The zero-order valence-corrected chi connectivity index (χ0v) is 23.6. The van der Waals surface area contributed by atoms with Crippen LogP contribution in [0.15, 0.2) is 11.0 Å². The van der Waals surface area contributed by atoms with Gasteiger partial charge in [-0.15, -0.1) is 11.3 Å². The van der Waals surface area contributed by atoms with Gasteiger partial charge in [0.15, 0.2) is 0 Å². The molecule has 1 aromatic rings. The smallest absolute Gasteiger partial charge is 0.309 e. The first-order valence-corrected chi connectivity index (χ1v) is 14.1. The van der Waals surface area contributed by atoms with Gasteiger partial charge in [-0.2, -0.15) is 0 Å². The van der Waals surface area contributed by atoms with E-state index < -0.39 is 35.6 Å². The molecule has 2 saturated heterocycles. The Hall–Kier alpha value is -1.61. The van der Waals surface area contributed by atoms with E-state index in [4.69, 9.17) is 9.47 Å². The first kappa shape index (κ1) is 29.0. The summed E-state index contributed by atoms with van der Waals surface area (Å²) < 4.78 is 12.0. The van der Waals surface area contributed by atoms with Crippen molar-refractivity contribution in [2.24, 2.45) is 17.3 Å². The number of hydrogen-bond acceptors (Lipinski definition) is 8. The summed E-state index contributed by atoms with van der Waals surface area (Å²) in [5.74, 6) is -1.54. The number of aryl methyl sites for hydroxylation is 1. The van der Waals surface area contributed by atoms with E-state index in [9.17, 15) is 19.8 Å². The van der Waals surface area contributed by atoms with E-state index >= 15 is 0 Å². The lowest BCUT2D eigenvalue weighted by Gasteiger charge is -2.34. The van der Waals surface area contributed by atoms with Crippen molar-refractivity contribution >= 4 is 29.2 Å². The summed E-state index contributed by atoms with van der Waals surface area (Å²) in [5.41, 5.74) is 0.202. The number of rotatable bonds is 3. The van der Waals surface area contributed by atoms with Crippen molar-refractivity contribution in [3.8, 4) is 0 Å². The number of hydrogen-bond donors (Lipinski definition) is 2. The minimum atomic E-state index is -1.23. The van der Waals surface area contributed by atoms with Crippen LogP contribution in [0, 0.1) is 17.3 Å². The molecule has 0 bridgehead atoms. The first-order valence-electron chi connectivity index (χ1n) is 13.2. The summed E-state index contributed by atoms with van der Waals surface area (Å²) in [6.45, 7) is 13.0. The van der Waals surface area contributed by atoms with Crippen LogP contribution in [0.2, 0.25) is 0 Å². The van der Waals surface area contributed by atoms with Gasteiger partial charge >= 0.3 is 5.97 Å². The van der Waals surface area contributed by atoms with Crippen molar-refractivity contribution in [1.82, 2.24) is 4.98 Å². The Kier molecular flexibility index (Phi) is 9.18. The number of thiazole rings is 1. The topological polar surface area (TPSA) is 109 Å². The summed E-state index contributed by atoms with van der Waals surface area (Å²) in [7, 11) is 0. The van der Waals surface area contributed by atoms with Crippen LogP contribution in [-0.2, 0) is 25.5 Å². The van der Waals surface area contributed by atoms with Crippen LogP contribution < -0.4 is 0 Å². The summed E-state index contributed by atoms with van der Waals surface area (Å²) in [4.78, 5) is 30.8. The lowest BCUT2D eigenvalue weighted by atomic mass is 9.73. The molecule has 3 heterocycles. The molecular weight excluding hydrogens is 478 g/mol. The molecule has 2 unspecified atom stereocenters. The van der Waals surface area contributed by atoms with Gasteiger partial charge in [0.25, 0.3) is 0 Å². The van der Waals surface area contributed by atoms with Crippen molar-refractivity contribution in [2.75, 3.05) is 0 Å². The Morgan fingerprint density at radius 3 is 2.58 bits per heavy atom. The molecule has 8 heteroatoms. The van der Waals surface area contributed by atoms with E-state index in [1.807, 2.05) is 25.3 Å². The number of nitrogens with zero attached hydrogens (tertiary/aromatic N) is 1. The highest BCUT2D eigenvalue weighted by Crippen LogP contribution is 2.45. The molecule has 2 fully saturated rings. The van der Waals surface area contributed by atoms with Gasteiger partial charge in [-0.25, -0.2) is 4.98 Å². The number of aromatic nitrogens is 1. The molecule has 0 aromatic carbocycles. The predicted octanol–water partition coefficient (Wildman–Crippen LogP) is 4.73. The van der Waals surface area contributed by atoms with Crippen molar-refractivity contribution in [1.29, 1.82) is 0 Å². The van der Waals surface area contributed by atoms with Crippen LogP contribution in [0.4, 0.5) is 0 Å². The molecule has 0 saturated carbocycles. The van der Waals surface area contributed by atoms with E-state index in [2.05, 4.69) is 18.8 Å². The van der Waals surface area contributed by atoms with Crippen LogP contribution in [0.25, 0.3) is 6.08 Å². The lowest BCUT2D eigenvalue weighted by Crippen LogP contribution is -2.45. The third kappa shape index (κ3) is 6.63. The summed E-state index contributed by atoms with van der Waals surface area (Å²) in [6, 6.07) is 0. The van der Waals surface area contributed by atoms with Crippen molar-refractivity contribution in [3.05, 3.63) is 21.7 Å². The minimum Gasteiger partial charge on any atom is -0.458 e. The van der Waals surface area contributed by atoms with E-state index in [1.165, 1.54) is 0 Å². The van der Waals surface area contributed by atoms with Crippen molar-refractivity contribution in [2.45, 2.75) is 117 Å². The fraction of sp³-hybridized carbons (Fsp3) is 0.750. The quantitative estimate of drug-likeness (QED) is 0.437. The maximum Gasteiger partial charge on any atom is 0.309 e. The molecule has 7 atom stereocenters. The Balaban J connectivity index is 1.85. The Bertz CT molecular complexity index is 971. The molecule has 0 spiro atoms. The number of fused-ring (bicyclic) bond motifs is 1. The molecule has 0 amide bonds. The van der Waals surface area contributed by atoms with Gasteiger partial charge in [-0.3, -0.25) is 9.59 Å². The average Bonchev–Trinajstić information content (AvgIpc) is 3.23. The largest absolute Gasteiger partial charge is 0.458 e. The molecular formula is C28H43NO6S. The maximum absolute atomic E-state index is 13.2. The first-order chi connectivity index (χ1) is 16.8. The fourth-order valence-corrected chi connectivity index (χ4v) is 5.88. The monoisotopic (exact) mass is 521 g/mol. The normalized spacial score (nSPS) is 36.8. The summed E-state index contributed by atoms with van der Waals surface area (Å²) in [6.07, 6.45) is 2.87. The Morgan fingerprint density at radius 1 is 1.25 bits per heavy atom. The second-order valence-electron chi connectivity index (χ2n) is 11.5. The number of carbonyl (C=O) groups is 2. The predicted molar refractivity (Wildman–Crippen MR) is 141 cm³/mol. The Labute approximate surface area is 219 Å². The van der Waals surface area contributed by atoms with E-state index in [1.54, 1.807) is 32.1 Å². The SMILES string of the molecule is CCc1nc(/C=C(\C)[C@@H]2C[C@@H]3O[C@]3(C)CCCC(C)[C@H](O)C(C)C(=O)C(C)(C)[C@@H](O)CC(=O)O2)cs1. The van der Waals surface area contributed by atoms with Crippen LogP contribution in [-0.4, -0.2) is 57.0 Å². The maximum atomic E-state index is 13.2. The molecule has 0 aliphatic carbocycles. The van der Waals surface area contributed by atoms with Gasteiger partial charge in [-0.1, -0.05) is 41.0 Å². The molecule has 3 rings (SSSR count). The molecule has 36 heavy (non-hydrogen) atoms. The molecule has 0 radical (unpaired) electrons. The minimum absolute atomic E-state index is 0.0460. The van der Waals surface area contributed by atoms with Gasteiger partial charge in [0.2, 0.25) is 0 Å². The average molecular weight is 522 g/mol. The third-order valence-corrected chi connectivity index (χ3v) is 9.17. The second-order valence-corrected chi connectivity index (χ2v) is 12.4. The zero-order chi connectivity index (χ0) is 26.8. The standard InChI is InChI=1S/C28H43NO6S/c1-8-23-29-19(15-36-23)12-17(3)20-13-22-28(7,35-22)11-9-10-16(2)25(32)18(4)26(33)27(5,6)21(30)14-24(31)34-20/h12,15-16,18,20-22,25,30,32H,8-11,13-14H2,1-7H3/b17-12+/t16?,18?,20-,21-,22-,25-,28+/m0/s1. The number of aliphatic hydroxyl groups excluding tert-OH is 2. The number of aliphatic hydroxyl groups is 2. The molecule has 1 aromatic heterocycles. The number of carbonyl (C=O) groups excluding carboxylic acids is 2. The molecule has 2 N–H and O–H groups in total. The van der Waals surface area contributed by atoms with Crippen LogP contribution in [0.5, 0.6) is 0 Å². The van der Waals surface area contributed by atoms with Gasteiger partial charge < -0.3 is 19.7 Å². The number of epoxide rings is 1. The number of cyclic esters (lactones) is 1. The highest BCUT2D eigenvalue weighted by molar-refractivity contribution is 7.09. The fourth-order valence-electron chi connectivity index (χ4n) is 5.17. The van der Waals surface area contributed by atoms with E-state index in [0.29, 0.717) is 6.42 Å². The van der Waals surface area contributed by atoms with Crippen LogP contribution >= 0.6 is 11.3 Å². The second kappa shape index (κ2) is 11.4. The molecule has 2 aliphatic heterocycles. The van der Waals surface area contributed by atoms with Gasteiger partial charge in [-0.05, 0) is 50.7 Å².